The second-order valence-corrected chi connectivity index (χ2v) is 7.17. The third-order valence-corrected chi connectivity index (χ3v) is 5.10. The van der Waals surface area contributed by atoms with Gasteiger partial charge in [-0.25, -0.2) is 8.42 Å². The van der Waals surface area contributed by atoms with Gasteiger partial charge in [0.15, 0.2) is 15.6 Å². The standard InChI is InChI=1S/C14H12N2O8S/c17-13-8-11(7-12(14(13)18)16(21)22)25(23,24)6-5-9-1-3-10(4-2-9)15(19)20/h1-4,7-8,17-18H,5-6H2. The lowest BCUT2D eigenvalue weighted by Gasteiger charge is -2.07. The summed E-state index contributed by atoms with van der Waals surface area (Å²) in [7, 11) is -3.99. The van der Waals surface area contributed by atoms with Gasteiger partial charge in [0.2, 0.25) is 5.75 Å². The van der Waals surface area contributed by atoms with Gasteiger partial charge in [-0.1, -0.05) is 12.1 Å². The van der Waals surface area contributed by atoms with Crippen molar-refractivity contribution in [3.63, 3.8) is 0 Å². The smallest absolute Gasteiger partial charge is 0.315 e. The lowest BCUT2D eigenvalue weighted by atomic mass is 10.1. The fraction of sp³-hybridized carbons (Fsp3) is 0.143. The number of aromatic hydroxyl groups is 2. The number of benzene rings is 2. The second-order valence-electron chi connectivity index (χ2n) is 5.06. The van der Waals surface area contributed by atoms with E-state index < -0.39 is 47.5 Å². The van der Waals surface area contributed by atoms with Crippen molar-refractivity contribution in [2.45, 2.75) is 11.3 Å². The van der Waals surface area contributed by atoms with Crippen molar-refractivity contribution in [2.75, 3.05) is 5.75 Å². The van der Waals surface area contributed by atoms with Crippen LogP contribution < -0.4 is 0 Å². The highest BCUT2D eigenvalue weighted by atomic mass is 32.2. The maximum atomic E-state index is 12.3. The summed E-state index contributed by atoms with van der Waals surface area (Å²) in [5, 5.41) is 40.2. The molecule has 2 rings (SSSR count). The minimum atomic E-state index is -3.99. The summed E-state index contributed by atoms with van der Waals surface area (Å²) in [6, 6.07) is 6.68. The number of nitrogens with zero attached hydrogens (tertiary/aromatic N) is 2. The first-order valence-corrected chi connectivity index (χ1v) is 8.43. The molecule has 0 aromatic heterocycles. The van der Waals surface area contributed by atoms with Crippen LogP contribution in [-0.2, 0) is 16.3 Å². The zero-order chi connectivity index (χ0) is 18.8. The Kier molecular flexibility index (Phi) is 4.88. The van der Waals surface area contributed by atoms with E-state index in [1.165, 1.54) is 24.3 Å². The van der Waals surface area contributed by atoms with Gasteiger partial charge in [0.05, 0.1) is 20.5 Å². The Morgan fingerprint density at radius 1 is 0.960 bits per heavy atom. The molecule has 2 aromatic carbocycles. The summed E-state index contributed by atoms with van der Waals surface area (Å²) in [4.78, 5) is 19.3. The molecule has 25 heavy (non-hydrogen) atoms. The molecule has 0 fully saturated rings. The van der Waals surface area contributed by atoms with Gasteiger partial charge in [-0.2, -0.15) is 0 Å². The number of nitro groups is 2. The fourth-order valence-electron chi connectivity index (χ4n) is 2.05. The Hall–Kier alpha value is -3.21. The Labute approximate surface area is 141 Å². The summed E-state index contributed by atoms with van der Waals surface area (Å²) in [5.74, 6) is -2.37. The summed E-state index contributed by atoms with van der Waals surface area (Å²) in [6.07, 6.45) is 0.00969. The van der Waals surface area contributed by atoms with Crippen LogP contribution in [0.5, 0.6) is 11.5 Å². The van der Waals surface area contributed by atoms with E-state index in [-0.39, 0.29) is 12.1 Å². The van der Waals surface area contributed by atoms with Crippen LogP contribution in [0.15, 0.2) is 41.3 Å². The van der Waals surface area contributed by atoms with Gasteiger partial charge < -0.3 is 10.2 Å². The average molecular weight is 368 g/mol. The highest BCUT2D eigenvalue weighted by Crippen LogP contribution is 2.37. The topological polar surface area (TPSA) is 161 Å². The molecule has 0 heterocycles. The highest BCUT2D eigenvalue weighted by Gasteiger charge is 2.24. The molecular weight excluding hydrogens is 356 g/mol. The minimum absolute atomic E-state index is 0.00969. The molecule has 0 aliphatic carbocycles. The molecule has 2 N–H and O–H groups in total. The molecule has 0 aliphatic rings. The van der Waals surface area contributed by atoms with Gasteiger partial charge in [-0.3, -0.25) is 20.2 Å². The zero-order valence-corrected chi connectivity index (χ0v) is 13.3. The van der Waals surface area contributed by atoms with Crippen molar-refractivity contribution >= 4 is 21.2 Å². The third kappa shape index (κ3) is 4.01. The van der Waals surface area contributed by atoms with E-state index in [9.17, 15) is 38.9 Å². The SMILES string of the molecule is O=[N+]([O-])c1ccc(CCS(=O)(=O)c2cc(O)c(O)c([N+](=O)[O-])c2)cc1. The maximum absolute atomic E-state index is 12.3. The maximum Gasteiger partial charge on any atom is 0.315 e. The number of phenols is 2. The van der Waals surface area contributed by atoms with Crippen molar-refractivity contribution in [2.24, 2.45) is 0 Å². The molecule has 0 radical (unpaired) electrons. The van der Waals surface area contributed by atoms with Crippen LogP contribution in [0.1, 0.15) is 5.56 Å². The van der Waals surface area contributed by atoms with Crippen LogP contribution in [0.2, 0.25) is 0 Å². The van der Waals surface area contributed by atoms with E-state index in [0.717, 1.165) is 6.07 Å². The van der Waals surface area contributed by atoms with Gasteiger partial charge in [-0.15, -0.1) is 0 Å². The predicted molar refractivity (Wildman–Crippen MR) is 85.3 cm³/mol. The first kappa shape index (κ1) is 18.1. The van der Waals surface area contributed by atoms with Gasteiger partial charge >= 0.3 is 5.69 Å². The lowest BCUT2D eigenvalue weighted by Crippen LogP contribution is -2.10. The quantitative estimate of drug-likeness (QED) is 0.444. The molecule has 0 atom stereocenters. The van der Waals surface area contributed by atoms with Crippen LogP contribution in [0.4, 0.5) is 11.4 Å². The summed E-state index contributed by atoms with van der Waals surface area (Å²) in [6.45, 7) is 0. The molecule has 2 aromatic rings. The molecule has 0 saturated heterocycles. The number of phenolic OH excluding ortho intramolecular Hbond substituents is 2. The predicted octanol–water partition coefficient (Wildman–Crippen LogP) is 1.93. The number of non-ortho nitro benzene ring substituents is 1. The molecule has 0 unspecified atom stereocenters. The van der Waals surface area contributed by atoms with Gasteiger partial charge in [0, 0.05) is 24.3 Å². The number of sulfone groups is 1. The summed E-state index contributed by atoms with van der Waals surface area (Å²) < 4.78 is 24.6. The first-order valence-electron chi connectivity index (χ1n) is 6.78. The Bertz CT molecular complexity index is 938. The van der Waals surface area contributed by atoms with Gasteiger partial charge in [0.25, 0.3) is 5.69 Å². The van der Waals surface area contributed by atoms with Gasteiger partial charge in [-0.05, 0) is 12.0 Å². The minimum Gasteiger partial charge on any atom is -0.504 e. The molecule has 11 heteroatoms. The third-order valence-electron chi connectivity index (χ3n) is 3.41. The van der Waals surface area contributed by atoms with Crippen molar-refractivity contribution in [1.29, 1.82) is 0 Å². The van der Waals surface area contributed by atoms with Crippen molar-refractivity contribution in [1.82, 2.24) is 0 Å². The van der Waals surface area contributed by atoms with E-state index in [1.54, 1.807) is 0 Å². The van der Waals surface area contributed by atoms with Crippen LogP contribution in [0.3, 0.4) is 0 Å². The molecule has 0 aliphatic heterocycles. The number of aryl methyl sites for hydroxylation is 1. The van der Waals surface area contributed by atoms with Crippen LogP contribution in [0, 0.1) is 20.2 Å². The molecule has 0 spiro atoms. The number of hydrogen-bond donors (Lipinski definition) is 2. The second kappa shape index (κ2) is 6.73. The summed E-state index contributed by atoms with van der Waals surface area (Å²) >= 11 is 0. The van der Waals surface area contributed by atoms with Crippen LogP contribution >= 0.6 is 0 Å². The first-order chi connectivity index (χ1) is 11.6. The zero-order valence-electron chi connectivity index (χ0n) is 12.5. The Balaban J connectivity index is 2.24. The van der Waals surface area contributed by atoms with Crippen molar-refractivity contribution in [3.8, 4) is 11.5 Å². The molecule has 0 amide bonds. The molecular formula is C14H12N2O8S. The molecule has 0 bridgehead atoms. The monoisotopic (exact) mass is 368 g/mol. The number of hydrogen-bond acceptors (Lipinski definition) is 8. The van der Waals surface area contributed by atoms with E-state index in [2.05, 4.69) is 0 Å². The normalized spacial score (nSPS) is 11.2. The molecule has 0 saturated carbocycles. The largest absolute Gasteiger partial charge is 0.504 e. The molecule has 132 valence electrons. The highest BCUT2D eigenvalue weighted by molar-refractivity contribution is 7.91. The number of nitro benzene ring substituents is 2. The van der Waals surface area contributed by atoms with E-state index in [0.29, 0.717) is 11.6 Å². The number of rotatable bonds is 6. The van der Waals surface area contributed by atoms with Crippen molar-refractivity contribution in [3.05, 3.63) is 62.2 Å². The van der Waals surface area contributed by atoms with E-state index in [4.69, 9.17) is 0 Å². The van der Waals surface area contributed by atoms with E-state index >= 15 is 0 Å². The van der Waals surface area contributed by atoms with E-state index in [1.807, 2.05) is 0 Å². The van der Waals surface area contributed by atoms with Gasteiger partial charge in [0.1, 0.15) is 0 Å². The fourth-order valence-corrected chi connectivity index (χ4v) is 3.37. The van der Waals surface area contributed by atoms with Crippen LogP contribution in [0.25, 0.3) is 0 Å². The Morgan fingerprint density at radius 3 is 2.08 bits per heavy atom. The molecule has 10 nitrogen and oxygen atoms in total. The Morgan fingerprint density at radius 2 is 1.56 bits per heavy atom. The lowest BCUT2D eigenvalue weighted by molar-refractivity contribution is -0.386. The summed E-state index contributed by atoms with van der Waals surface area (Å²) in [5.41, 5.74) is -0.536. The average Bonchev–Trinajstić information content (AvgIpc) is 2.55. The van der Waals surface area contributed by atoms with Crippen molar-refractivity contribution < 1.29 is 28.5 Å². The van der Waals surface area contributed by atoms with Crippen LogP contribution in [-0.4, -0.2) is 34.2 Å².